The molecule has 0 aliphatic heterocycles. The molecule has 8 heteroatoms. The minimum Gasteiger partial charge on any atom is -0.481 e. The Hall–Kier alpha value is -2.90. The van der Waals surface area contributed by atoms with Crippen molar-refractivity contribution in [2.75, 3.05) is 20.1 Å². The van der Waals surface area contributed by atoms with Crippen LogP contribution in [0.25, 0.3) is 11.4 Å². The summed E-state index contributed by atoms with van der Waals surface area (Å²) in [5.74, 6) is -0.168. The number of aromatic nitrogens is 2. The van der Waals surface area contributed by atoms with Crippen molar-refractivity contribution in [3.8, 4) is 11.4 Å². The van der Waals surface area contributed by atoms with Crippen LogP contribution in [0.15, 0.2) is 34.9 Å². The lowest BCUT2D eigenvalue weighted by Gasteiger charge is -2.17. The van der Waals surface area contributed by atoms with Crippen molar-refractivity contribution < 1.29 is 19.2 Å². The highest BCUT2D eigenvalue weighted by Gasteiger charge is 2.17. The maximum atomic E-state index is 11.9. The molecule has 2 rings (SSSR count). The maximum Gasteiger partial charge on any atom is 0.317 e. The van der Waals surface area contributed by atoms with E-state index in [9.17, 15) is 9.59 Å². The molecule has 2 amide bonds. The number of aliphatic carboxylic acids is 1. The molecular formula is C16H20N4O4. The third-order valence-corrected chi connectivity index (χ3v) is 3.46. The van der Waals surface area contributed by atoms with E-state index in [1.54, 1.807) is 7.05 Å². The SMILES string of the molecule is CC(CNC(=O)N(C)CCC(=O)O)c1nc(-c2ccccc2)no1. The number of carbonyl (C=O) groups excluding carboxylic acids is 1. The van der Waals surface area contributed by atoms with E-state index in [0.29, 0.717) is 18.3 Å². The number of rotatable bonds is 7. The van der Waals surface area contributed by atoms with Gasteiger partial charge >= 0.3 is 12.0 Å². The van der Waals surface area contributed by atoms with Gasteiger partial charge in [0.1, 0.15) is 0 Å². The van der Waals surface area contributed by atoms with Crippen molar-refractivity contribution >= 4 is 12.0 Å². The molecule has 2 N–H and O–H groups in total. The summed E-state index contributed by atoms with van der Waals surface area (Å²) in [5, 5.41) is 15.3. The summed E-state index contributed by atoms with van der Waals surface area (Å²) in [6.07, 6.45) is -0.0937. The first-order valence-electron chi connectivity index (χ1n) is 7.57. The van der Waals surface area contributed by atoms with Gasteiger partial charge in [0.15, 0.2) is 0 Å². The molecule has 0 bridgehead atoms. The molecule has 24 heavy (non-hydrogen) atoms. The van der Waals surface area contributed by atoms with E-state index in [2.05, 4.69) is 15.5 Å². The summed E-state index contributed by atoms with van der Waals surface area (Å²) < 4.78 is 5.25. The second-order valence-electron chi connectivity index (χ2n) is 5.47. The molecule has 1 aromatic heterocycles. The molecule has 2 aromatic rings. The first kappa shape index (κ1) is 17.5. The Morgan fingerprint density at radius 3 is 2.71 bits per heavy atom. The molecule has 0 aliphatic rings. The fraction of sp³-hybridized carbons (Fsp3) is 0.375. The fourth-order valence-electron chi connectivity index (χ4n) is 1.97. The number of nitrogens with zero attached hydrogens (tertiary/aromatic N) is 3. The zero-order valence-electron chi connectivity index (χ0n) is 13.6. The summed E-state index contributed by atoms with van der Waals surface area (Å²) in [6, 6.07) is 9.12. The minimum atomic E-state index is -0.942. The molecule has 1 atom stereocenters. The van der Waals surface area contributed by atoms with E-state index in [0.717, 1.165) is 5.56 Å². The number of carboxylic acid groups (broad SMARTS) is 1. The van der Waals surface area contributed by atoms with Gasteiger partial charge in [-0.3, -0.25) is 4.79 Å². The fourth-order valence-corrected chi connectivity index (χ4v) is 1.97. The average molecular weight is 332 g/mol. The Kier molecular flexibility index (Phi) is 5.89. The molecule has 1 aromatic carbocycles. The van der Waals surface area contributed by atoms with Crippen LogP contribution in [-0.2, 0) is 4.79 Å². The smallest absolute Gasteiger partial charge is 0.317 e. The van der Waals surface area contributed by atoms with Gasteiger partial charge in [-0.25, -0.2) is 4.79 Å². The number of hydrogen-bond acceptors (Lipinski definition) is 5. The van der Waals surface area contributed by atoms with E-state index < -0.39 is 5.97 Å². The zero-order chi connectivity index (χ0) is 17.5. The van der Waals surface area contributed by atoms with Crippen molar-refractivity contribution in [2.45, 2.75) is 19.3 Å². The number of urea groups is 1. The molecule has 128 valence electrons. The topological polar surface area (TPSA) is 109 Å². The van der Waals surface area contributed by atoms with Crippen molar-refractivity contribution in [1.82, 2.24) is 20.4 Å². The van der Waals surface area contributed by atoms with E-state index in [1.807, 2.05) is 37.3 Å². The lowest BCUT2D eigenvalue weighted by Crippen LogP contribution is -2.39. The Labute approximate surface area is 139 Å². The Bertz CT molecular complexity index is 686. The maximum absolute atomic E-state index is 11.9. The van der Waals surface area contributed by atoms with Crippen LogP contribution in [0.4, 0.5) is 4.79 Å². The number of carboxylic acids is 1. The lowest BCUT2D eigenvalue weighted by molar-refractivity contribution is -0.137. The number of hydrogen-bond donors (Lipinski definition) is 2. The van der Waals surface area contributed by atoms with Crippen LogP contribution in [0.3, 0.4) is 0 Å². The first-order chi connectivity index (χ1) is 11.5. The third-order valence-electron chi connectivity index (χ3n) is 3.46. The largest absolute Gasteiger partial charge is 0.481 e. The molecule has 0 fully saturated rings. The second kappa shape index (κ2) is 8.09. The van der Waals surface area contributed by atoms with Crippen LogP contribution in [0.2, 0.25) is 0 Å². The van der Waals surface area contributed by atoms with Crippen LogP contribution in [0, 0.1) is 0 Å². The van der Waals surface area contributed by atoms with Crippen LogP contribution < -0.4 is 5.32 Å². The number of amides is 2. The molecule has 8 nitrogen and oxygen atoms in total. The van der Waals surface area contributed by atoms with E-state index in [1.165, 1.54) is 4.90 Å². The molecule has 0 radical (unpaired) electrons. The number of benzene rings is 1. The lowest BCUT2D eigenvalue weighted by atomic mass is 10.2. The summed E-state index contributed by atoms with van der Waals surface area (Å²) in [7, 11) is 1.54. The van der Waals surface area contributed by atoms with Crippen molar-refractivity contribution in [3.63, 3.8) is 0 Å². The number of carbonyl (C=O) groups is 2. The second-order valence-corrected chi connectivity index (χ2v) is 5.47. The highest BCUT2D eigenvalue weighted by Crippen LogP contribution is 2.18. The van der Waals surface area contributed by atoms with E-state index in [4.69, 9.17) is 9.63 Å². The highest BCUT2D eigenvalue weighted by atomic mass is 16.5. The molecule has 1 unspecified atom stereocenters. The Morgan fingerprint density at radius 1 is 1.33 bits per heavy atom. The molecular weight excluding hydrogens is 312 g/mol. The highest BCUT2D eigenvalue weighted by molar-refractivity contribution is 5.75. The summed E-state index contributed by atoms with van der Waals surface area (Å²) in [5.41, 5.74) is 0.858. The third kappa shape index (κ3) is 4.80. The van der Waals surface area contributed by atoms with Crippen molar-refractivity contribution in [1.29, 1.82) is 0 Å². The van der Waals surface area contributed by atoms with Gasteiger partial charge in [0, 0.05) is 25.7 Å². The Morgan fingerprint density at radius 2 is 2.04 bits per heavy atom. The summed E-state index contributed by atoms with van der Waals surface area (Å²) in [4.78, 5) is 28.0. The first-order valence-corrected chi connectivity index (χ1v) is 7.57. The molecule has 0 aliphatic carbocycles. The normalized spacial score (nSPS) is 11.8. The van der Waals surface area contributed by atoms with Crippen LogP contribution >= 0.6 is 0 Å². The van der Waals surface area contributed by atoms with Gasteiger partial charge in [0.25, 0.3) is 0 Å². The molecule has 0 saturated heterocycles. The van der Waals surface area contributed by atoms with Crippen molar-refractivity contribution in [3.05, 3.63) is 36.2 Å². The predicted octanol–water partition coefficient (Wildman–Crippen LogP) is 1.96. The van der Waals surface area contributed by atoms with Gasteiger partial charge in [-0.2, -0.15) is 4.98 Å². The summed E-state index contributed by atoms with van der Waals surface area (Å²) in [6.45, 7) is 2.32. The zero-order valence-corrected chi connectivity index (χ0v) is 13.6. The van der Waals surface area contributed by atoms with E-state index in [-0.39, 0.29) is 24.9 Å². The minimum absolute atomic E-state index is 0.0937. The van der Waals surface area contributed by atoms with Gasteiger partial charge in [-0.15, -0.1) is 0 Å². The monoisotopic (exact) mass is 332 g/mol. The molecule has 1 heterocycles. The van der Waals surface area contributed by atoms with Crippen molar-refractivity contribution in [2.24, 2.45) is 0 Å². The quantitative estimate of drug-likeness (QED) is 0.802. The van der Waals surface area contributed by atoms with Crippen LogP contribution in [0.1, 0.15) is 25.2 Å². The number of nitrogens with one attached hydrogen (secondary N) is 1. The van der Waals surface area contributed by atoms with Gasteiger partial charge in [-0.1, -0.05) is 42.4 Å². The molecule has 0 spiro atoms. The van der Waals surface area contributed by atoms with Gasteiger partial charge in [0.05, 0.1) is 12.3 Å². The van der Waals surface area contributed by atoms with Crippen LogP contribution in [0.5, 0.6) is 0 Å². The standard InChI is InChI=1S/C16H20N4O4/c1-11(10-17-16(23)20(2)9-8-13(21)22)15-18-14(19-24-15)12-6-4-3-5-7-12/h3-7,11H,8-10H2,1-2H3,(H,17,23)(H,21,22). The Balaban J connectivity index is 1.87. The molecule has 0 saturated carbocycles. The van der Waals surface area contributed by atoms with Gasteiger partial charge in [0.2, 0.25) is 11.7 Å². The van der Waals surface area contributed by atoms with Crippen LogP contribution in [-0.4, -0.2) is 52.3 Å². The van der Waals surface area contributed by atoms with E-state index >= 15 is 0 Å². The predicted molar refractivity (Wildman–Crippen MR) is 86.4 cm³/mol. The van der Waals surface area contributed by atoms with Gasteiger partial charge < -0.3 is 19.8 Å². The van der Waals surface area contributed by atoms with Gasteiger partial charge in [-0.05, 0) is 0 Å². The summed E-state index contributed by atoms with van der Waals surface area (Å²) >= 11 is 0. The average Bonchev–Trinajstić information content (AvgIpc) is 3.08.